The van der Waals surface area contributed by atoms with Crippen molar-refractivity contribution in [3.05, 3.63) is 10.4 Å². The van der Waals surface area contributed by atoms with Gasteiger partial charge in [0.25, 0.3) is 0 Å². The van der Waals surface area contributed by atoms with E-state index in [1.54, 1.807) is 0 Å². The van der Waals surface area contributed by atoms with Crippen LogP contribution in [0.5, 0.6) is 0 Å². The molecule has 0 aromatic rings. The van der Waals surface area contributed by atoms with Gasteiger partial charge in [0.05, 0.1) is 36.3 Å². The zero-order chi connectivity index (χ0) is 16.1. The Balaban J connectivity index is 0.000000383. The molecule has 0 spiro atoms. The Bertz CT molecular complexity index is 468. The minimum atomic E-state index is -3.92. The van der Waals surface area contributed by atoms with Crippen molar-refractivity contribution in [1.29, 1.82) is 0 Å². The largest absolute Gasteiger partial charge is 0.748 e. The van der Waals surface area contributed by atoms with Crippen LogP contribution in [0.1, 0.15) is 39.5 Å². The molecule has 3 fully saturated rings. The molecule has 2 bridgehead atoms. The van der Waals surface area contributed by atoms with Crippen molar-refractivity contribution in [3.63, 3.8) is 0 Å². The summed E-state index contributed by atoms with van der Waals surface area (Å²) in [5.74, 6) is 1.02. The molecule has 0 aromatic carbocycles. The molecule has 3 rings (SSSR count). The quantitative estimate of drug-likeness (QED) is 0.261. The van der Waals surface area contributed by atoms with Crippen molar-refractivity contribution in [2.24, 2.45) is 11.0 Å². The molecule has 3 aliphatic heterocycles. The SMILES string of the molecule is CC(C)(CC[N+]12CCC(CC1)CC2)N=[N+]=[N-].CS(=O)(=O)[O-]. The summed E-state index contributed by atoms with van der Waals surface area (Å²) in [5, 5.41) is 3.89. The van der Waals surface area contributed by atoms with Gasteiger partial charge in [0.15, 0.2) is 0 Å². The van der Waals surface area contributed by atoms with Crippen LogP contribution in [0.4, 0.5) is 0 Å². The van der Waals surface area contributed by atoms with Gasteiger partial charge in [-0.3, -0.25) is 0 Å². The lowest BCUT2D eigenvalue weighted by molar-refractivity contribution is -0.943. The Morgan fingerprint density at radius 2 is 1.71 bits per heavy atom. The van der Waals surface area contributed by atoms with Crippen molar-refractivity contribution in [3.8, 4) is 0 Å². The predicted octanol–water partition coefficient (Wildman–Crippen LogP) is 2.26. The summed E-state index contributed by atoms with van der Waals surface area (Å²) < 4.78 is 28.5. The minimum Gasteiger partial charge on any atom is -0.748 e. The lowest BCUT2D eigenvalue weighted by atomic mass is 9.85. The molecular weight excluding hydrogens is 292 g/mol. The highest BCUT2D eigenvalue weighted by molar-refractivity contribution is 7.84. The Kier molecular flexibility index (Phi) is 6.04. The number of nitrogens with zero attached hydrogens (tertiary/aromatic N) is 4. The fourth-order valence-corrected chi connectivity index (χ4v) is 3.15. The van der Waals surface area contributed by atoms with E-state index in [4.69, 9.17) is 18.5 Å². The van der Waals surface area contributed by atoms with E-state index in [9.17, 15) is 0 Å². The van der Waals surface area contributed by atoms with E-state index >= 15 is 0 Å². The van der Waals surface area contributed by atoms with E-state index in [0.717, 1.165) is 12.3 Å². The van der Waals surface area contributed by atoms with Crippen LogP contribution in [-0.2, 0) is 10.1 Å². The van der Waals surface area contributed by atoms with E-state index in [0.29, 0.717) is 6.26 Å². The van der Waals surface area contributed by atoms with Crippen molar-refractivity contribution in [2.75, 3.05) is 32.4 Å². The number of rotatable bonds is 4. The second-order valence-corrected chi connectivity index (χ2v) is 8.33. The van der Waals surface area contributed by atoms with E-state index in [1.807, 2.05) is 13.8 Å². The van der Waals surface area contributed by atoms with Crippen LogP contribution in [0.25, 0.3) is 10.4 Å². The number of fused-ring (bicyclic) bond motifs is 3. The molecule has 0 N–H and O–H groups in total. The summed E-state index contributed by atoms with van der Waals surface area (Å²) in [7, 11) is -3.92. The molecule has 0 amide bonds. The molecule has 7 nitrogen and oxygen atoms in total. The maximum Gasteiger partial charge on any atom is 0.0916 e. The molecule has 0 atom stereocenters. The monoisotopic (exact) mass is 318 g/mol. The van der Waals surface area contributed by atoms with Crippen LogP contribution < -0.4 is 0 Å². The third-order valence-corrected chi connectivity index (χ3v) is 4.55. The average molecular weight is 318 g/mol. The van der Waals surface area contributed by atoms with Gasteiger partial charge in [0, 0.05) is 23.1 Å². The third kappa shape index (κ3) is 7.13. The van der Waals surface area contributed by atoms with Gasteiger partial charge in [0.2, 0.25) is 0 Å². The van der Waals surface area contributed by atoms with E-state index in [-0.39, 0.29) is 5.54 Å². The van der Waals surface area contributed by atoms with Crippen molar-refractivity contribution in [1.82, 2.24) is 0 Å². The predicted molar refractivity (Wildman–Crippen MR) is 80.5 cm³/mol. The lowest BCUT2D eigenvalue weighted by Crippen LogP contribution is -2.59. The summed E-state index contributed by atoms with van der Waals surface area (Å²) in [6, 6.07) is 0. The summed E-state index contributed by atoms with van der Waals surface area (Å²) in [6.07, 6.45) is 5.88. The Labute approximate surface area is 127 Å². The first-order valence-electron chi connectivity index (χ1n) is 7.38. The summed E-state index contributed by atoms with van der Waals surface area (Å²) >= 11 is 0. The fourth-order valence-electron chi connectivity index (χ4n) is 3.15. The van der Waals surface area contributed by atoms with Crippen LogP contribution >= 0.6 is 0 Å². The number of azide groups is 1. The molecule has 3 aliphatic rings. The van der Waals surface area contributed by atoms with Gasteiger partial charge in [-0.1, -0.05) is 19.0 Å². The van der Waals surface area contributed by atoms with Crippen molar-refractivity contribution < 1.29 is 17.5 Å². The van der Waals surface area contributed by atoms with E-state index < -0.39 is 10.1 Å². The highest BCUT2D eigenvalue weighted by Gasteiger charge is 2.40. The lowest BCUT2D eigenvalue weighted by Gasteiger charge is -2.49. The van der Waals surface area contributed by atoms with E-state index in [2.05, 4.69) is 10.0 Å². The molecule has 122 valence electrons. The van der Waals surface area contributed by atoms with Crippen LogP contribution in [0.3, 0.4) is 0 Å². The standard InChI is InChI=1S/C12H23N4.CH4O3S/c1-12(2,14-15-13)6-10-16-7-3-11(4-8-16)5-9-16;1-5(2,3)4/h11H,3-10H2,1-2H3;1H3,(H,2,3,4)/q+1;/p-1. The molecule has 8 heteroatoms. The first kappa shape index (κ1) is 18.2. The van der Waals surface area contributed by atoms with Crippen molar-refractivity contribution >= 4 is 10.1 Å². The van der Waals surface area contributed by atoms with Gasteiger partial charge in [-0.25, -0.2) is 8.42 Å². The summed E-state index contributed by atoms with van der Waals surface area (Å²) in [5.41, 5.74) is 8.31. The molecule has 0 unspecified atom stereocenters. The first-order chi connectivity index (χ1) is 9.55. The molecule has 3 heterocycles. The normalized spacial score (nSPS) is 28.3. The van der Waals surface area contributed by atoms with Gasteiger partial charge in [-0.15, -0.1) is 0 Å². The molecular formula is C13H26N4O3S. The fraction of sp³-hybridized carbons (Fsp3) is 1.00. The Morgan fingerprint density at radius 1 is 1.29 bits per heavy atom. The number of piperidine rings is 3. The molecule has 0 aromatic heterocycles. The van der Waals surface area contributed by atoms with Crippen LogP contribution in [-0.4, -0.2) is 55.4 Å². The summed E-state index contributed by atoms with van der Waals surface area (Å²) in [6.45, 7) is 9.35. The zero-order valence-electron chi connectivity index (χ0n) is 13.2. The molecule has 0 aliphatic carbocycles. The highest BCUT2D eigenvalue weighted by Crippen LogP contribution is 2.34. The van der Waals surface area contributed by atoms with Gasteiger partial charge in [0.1, 0.15) is 0 Å². The second kappa shape index (κ2) is 6.96. The number of hydrogen-bond donors (Lipinski definition) is 0. The minimum absolute atomic E-state index is 0.212. The van der Waals surface area contributed by atoms with Gasteiger partial charge >= 0.3 is 0 Å². The Hall–Kier alpha value is -0.820. The summed E-state index contributed by atoms with van der Waals surface area (Å²) in [4.78, 5) is 2.95. The maximum absolute atomic E-state index is 9.08. The van der Waals surface area contributed by atoms with Crippen LogP contribution in [0, 0.1) is 5.92 Å². The second-order valence-electron chi connectivity index (χ2n) is 6.92. The van der Waals surface area contributed by atoms with Gasteiger partial charge < -0.3 is 9.04 Å². The van der Waals surface area contributed by atoms with Crippen LogP contribution in [0.2, 0.25) is 0 Å². The third-order valence-electron chi connectivity index (χ3n) is 4.55. The van der Waals surface area contributed by atoms with Crippen LogP contribution in [0.15, 0.2) is 5.11 Å². The number of hydrogen-bond acceptors (Lipinski definition) is 4. The van der Waals surface area contributed by atoms with Crippen molar-refractivity contribution in [2.45, 2.75) is 45.1 Å². The molecule has 0 radical (unpaired) electrons. The number of quaternary nitrogens is 1. The average Bonchev–Trinajstić information content (AvgIpc) is 2.37. The smallest absolute Gasteiger partial charge is 0.0916 e. The maximum atomic E-state index is 9.08. The first-order valence-corrected chi connectivity index (χ1v) is 9.19. The van der Waals surface area contributed by atoms with Gasteiger partial charge in [-0.05, 0) is 30.7 Å². The molecule has 0 saturated carbocycles. The Morgan fingerprint density at radius 3 is 2.10 bits per heavy atom. The van der Waals surface area contributed by atoms with E-state index in [1.165, 1.54) is 49.9 Å². The molecule has 21 heavy (non-hydrogen) atoms. The zero-order valence-corrected chi connectivity index (χ0v) is 14.0. The highest BCUT2D eigenvalue weighted by atomic mass is 32.2. The topological polar surface area (TPSA) is 106 Å². The molecule has 3 saturated heterocycles. The van der Waals surface area contributed by atoms with Gasteiger partial charge in [-0.2, -0.15) is 0 Å².